The number of rotatable bonds is 12. The number of pyridine rings is 1. The van der Waals surface area contributed by atoms with E-state index in [2.05, 4.69) is 22.1 Å². The average molecular weight is 438 g/mol. The van der Waals surface area contributed by atoms with Crippen molar-refractivity contribution in [1.82, 2.24) is 10.3 Å². The van der Waals surface area contributed by atoms with Crippen LogP contribution in [-0.4, -0.2) is 36.4 Å². The fourth-order valence-electron chi connectivity index (χ4n) is 3.77. The lowest BCUT2D eigenvalue weighted by Crippen LogP contribution is -2.30. The molecule has 0 radical (unpaired) electrons. The number of carbonyl (C=O) groups is 2. The number of carbonyl (C=O) groups excluding carboxylic acids is 2. The summed E-state index contributed by atoms with van der Waals surface area (Å²) < 4.78 is 5.67. The van der Waals surface area contributed by atoms with Gasteiger partial charge in [-0.05, 0) is 61.6 Å². The van der Waals surface area contributed by atoms with Crippen LogP contribution in [0.2, 0.25) is 0 Å². The molecule has 1 aromatic carbocycles. The van der Waals surface area contributed by atoms with Gasteiger partial charge in [-0.3, -0.25) is 9.59 Å². The fourth-order valence-corrected chi connectivity index (χ4v) is 3.77. The lowest BCUT2D eigenvalue weighted by atomic mass is 10.1. The molecule has 1 amide bonds. The molecular weight excluding hydrogens is 402 g/mol. The third kappa shape index (κ3) is 7.66. The van der Waals surface area contributed by atoms with Gasteiger partial charge in [0.25, 0.3) is 0 Å². The van der Waals surface area contributed by atoms with Gasteiger partial charge in [0.1, 0.15) is 11.6 Å². The predicted octanol–water partition coefficient (Wildman–Crippen LogP) is 4.92. The molecule has 2 heterocycles. The van der Waals surface area contributed by atoms with Crippen molar-refractivity contribution in [3.05, 3.63) is 53.7 Å². The second-order valence-corrected chi connectivity index (χ2v) is 8.35. The van der Waals surface area contributed by atoms with Crippen LogP contribution < -0.4 is 15.0 Å². The van der Waals surface area contributed by atoms with Gasteiger partial charge in [0, 0.05) is 44.2 Å². The molecule has 1 N–H and O–H groups in total. The van der Waals surface area contributed by atoms with Crippen LogP contribution >= 0.6 is 0 Å². The zero-order valence-corrected chi connectivity index (χ0v) is 19.1. The second kappa shape index (κ2) is 12.8. The normalized spacial score (nSPS) is 13.6. The molecule has 6 nitrogen and oxygen atoms in total. The molecule has 2 aromatic rings. The monoisotopic (exact) mass is 437 g/mol. The van der Waals surface area contributed by atoms with Gasteiger partial charge in [0.05, 0.1) is 6.61 Å². The highest BCUT2D eigenvalue weighted by atomic mass is 16.5. The smallest absolute Gasteiger partial charge is 0.220 e. The van der Waals surface area contributed by atoms with Crippen molar-refractivity contribution >= 4 is 17.5 Å². The summed E-state index contributed by atoms with van der Waals surface area (Å²) in [5.74, 6) is 1.61. The number of hydrogen-bond donors (Lipinski definition) is 1. The summed E-state index contributed by atoms with van der Waals surface area (Å²) in [5, 5.41) is 2.88. The molecule has 0 aliphatic carbocycles. The molecule has 0 spiro atoms. The van der Waals surface area contributed by atoms with Crippen molar-refractivity contribution < 1.29 is 14.3 Å². The fraction of sp³-hybridized carbons (Fsp3) is 0.500. The Morgan fingerprint density at radius 3 is 2.47 bits per heavy atom. The number of unbranched alkanes of at least 4 members (excludes halogenated alkanes) is 2. The number of aromatic nitrogens is 1. The molecule has 0 bridgehead atoms. The van der Waals surface area contributed by atoms with Crippen molar-refractivity contribution in [2.45, 2.75) is 64.8 Å². The minimum Gasteiger partial charge on any atom is -0.494 e. The third-order valence-corrected chi connectivity index (χ3v) is 5.75. The minimum atomic E-state index is -0.130. The molecule has 0 unspecified atom stereocenters. The van der Waals surface area contributed by atoms with E-state index in [1.54, 1.807) is 12.1 Å². The molecule has 0 atom stereocenters. The Morgan fingerprint density at radius 1 is 1.00 bits per heavy atom. The van der Waals surface area contributed by atoms with Crippen LogP contribution in [-0.2, 0) is 11.3 Å². The summed E-state index contributed by atoms with van der Waals surface area (Å²) in [7, 11) is 0. The molecule has 1 fully saturated rings. The van der Waals surface area contributed by atoms with E-state index in [0.717, 1.165) is 49.5 Å². The van der Waals surface area contributed by atoms with E-state index in [0.29, 0.717) is 18.7 Å². The summed E-state index contributed by atoms with van der Waals surface area (Å²) in [5.41, 5.74) is 1.57. The van der Waals surface area contributed by atoms with Gasteiger partial charge in [0.2, 0.25) is 5.91 Å². The Morgan fingerprint density at radius 2 is 1.78 bits per heavy atom. The molecule has 172 valence electrons. The Bertz CT molecular complexity index is 844. The largest absolute Gasteiger partial charge is 0.494 e. The van der Waals surface area contributed by atoms with Gasteiger partial charge in [-0.2, -0.15) is 0 Å². The first-order valence-electron chi connectivity index (χ1n) is 11.9. The van der Waals surface area contributed by atoms with E-state index >= 15 is 0 Å². The number of nitrogens with one attached hydrogen (secondary N) is 1. The van der Waals surface area contributed by atoms with Gasteiger partial charge in [-0.15, -0.1) is 0 Å². The molecule has 6 heteroatoms. The van der Waals surface area contributed by atoms with Crippen molar-refractivity contribution in [3.8, 4) is 5.75 Å². The molecule has 0 saturated carbocycles. The van der Waals surface area contributed by atoms with E-state index in [1.807, 2.05) is 30.5 Å². The Kier molecular flexibility index (Phi) is 9.54. The SMILES string of the molecule is CCCCCOc1ccc(C(=O)CCC(=O)NCc2ccc(N3CCCCC3)nc2)cc1. The molecule has 3 rings (SSSR count). The summed E-state index contributed by atoms with van der Waals surface area (Å²) in [4.78, 5) is 31.4. The molecule has 1 aliphatic heterocycles. The highest BCUT2D eigenvalue weighted by Crippen LogP contribution is 2.18. The highest BCUT2D eigenvalue weighted by Gasteiger charge is 2.12. The number of ether oxygens (including phenoxy) is 1. The zero-order valence-electron chi connectivity index (χ0n) is 19.1. The maximum atomic E-state index is 12.4. The van der Waals surface area contributed by atoms with Crippen LogP contribution in [0.25, 0.3) is 0 Å². The standard InChI is InChI=1S/C26H35N3O3/c1-2-3-7-18-32-23-11-9-22(10-12-23)24(30)13-15-26(31)28-20-21-8-14-25(27-19-21)29-16-5-4-6-17-29/h8-12,14,19H,2-7,13,15-18,20H2,1H3,(H,28,31). The zero-order chi connectivity index (χ0) is 22.6. The number of anilines is 1. The van der Waals surface area contributed by atoms with Gasteiger partial charge in [0.15, 0.2) is 5.78 Å². The number of ketones is 1. The van der Waals surface area contributed by atoms with Crippen LogP contribution in [0.1, 0.15) is 74.2 Å². The van der Waals surface area contributed by atoms with Gasteiger partial charge in [-0.25, -0.2) is 4.98 Å². The third-order valence-electron chi connectivity index (χ3n) is 5.75. The van der Waals surface area contributed by atoms with Crippen molar-refractivity contribution in [2.24, 2.45) is 0 Å². The number of benzene rings is 1. The van der Waals surface area contributed by atoms with Crippen molar-refractivity contribution in [2.75, 3.05) is 24.6 Å². The number of piperidine rings is 1. The first-order chi connectivity index (χ1) is 15.7. The van der Waals surface area contributed by atoms with E-state index < -0.39 is 0 Å². The molecular formula is C26H35N3O3. The Balaban J connectivity index is 1.36. The van der Waals surface area contributed by atoms with Crippen LogP contribution in [0.15, 0.2) is 42.6 Å². The quantitative estimate of drug-likeness (QED) is 0.377. The summed E-state index contributed by atoms with van der Waals surface area (Å²) in [6, 6.07) is 11.2. The van der Waals surface area contributed by atoms with Crippen molar-refractivity contribution in [3.63, 3.8) is 0 Å². The first kappa shape index (κ1) is 23.8. The van der Waals surface area contributed by atoms with Gasteiger partial charge >= 0.3 is 0 Å². The number of Topliss-reactive ketones (excluding diaryl/α,β-unsaturated/α-hetero) is 1. The Labute approximate surface area is 191 Å². The number of amides is 1. The van der Waals surface area contributed by atoms with Gasteiger partial charge in [-0.1, -0.05) is 25.8 Å². The van der Waals surface area contributed by atoms with E-state index in [-0.39, 0.29) is 24.5 Å². The number of hydrogen-bond acceptors (Lipinski definition) is 5. The lowest BCUT2D eigenvalue weighted by molar-refractivity contribution is -0.121. The first-order valence-corrected chi connectivity index (χ1v) is 11.9. The van der Waals surface area contributed by atoms with E-state index in [4.69, 9.17) is 4.74 Å². The summed E-state index contributed by atoms with van der Waals surface area (Å²) in [6.07, 6.45) is 9.26. The predicted molar refractivity (Wildman–Crippen MR) is 127 cm³/mol. The van der Waals surface area contributed by atoms with E-state index in [9.17, 15) is 9.59 Å². The Hall–Kier alpha value is -2.89. The molecule has 1 aliphatic rings. The van der Waals surface area contributed by atoms with Crippen LogP contribution in [0.3, 0.4) is 0 Å². The lowest BCUT2D eigenvalue weighted by Gasteiger charge is -2.27. The summed E-state index contributed by atoms with van der Waals surface area (Å²) >= 11 is 0. The van der Waals surface area contributed by atoms with Crippen LogP contribution in [0, 0.1) is 0 Å². The van der Waals surface area contributed by atoms with E-state index in [1.165, 1.54) is 19.3 Å². The highest BCUT2D eigenvalue weighted by molar-refractivity contribution is 5.98. The molecule has 1 aromatic heterocycles. The molecule has 32 heavy (non-hydrogen) atoms. The summed E-state index contributed by atoms with van der Waals surface area (Å²) in [6.45, 7) is 5.39. The minimum absolute atomic E-state index is 0.0368. The topological polar surface area (TPSA) is 71.5 Å². The maximum absolute atomic E-state index is 12.4. The van der Waals surface area contributed by atoms with Crippen molar-refractivity contribution in [1.29, 1.82) is 0 Å². The van der Waals surface area contributed by atoms with Gasteiger partial charge < -0.3 is 15.0 Å². The average Bonchev–Trinajstić information content (AvgIpc) is 2.85. The van der Waals surface area contributed by atoms with Crippen LogP contribution in [0.5, 0.6) is 5.75 Å². The second-order valence-electron chi connectivity index (χ2n) is 8.35. The maximum Gasteiger partial charge on any atom is 0.220 e. The number of nitrogens with zero attached hydrogens (tertiary/aromatic N) is 2. The van der Waals surface area contributed by atoms with Crippen LogP contribution in [0.4, 0.5) is 5.82 Å². The molecule has 1 saturated heterocycles.